The Hall–Kier alpha value is -3.26. The van der Waals surface area contributed by atoms with Gasteiger partial charge in [0.25, 0.3) is 0 Å². The summed E-state index contributed by atoms with van der Waals surface area (Å²) in [7, 11) is 0. The highest BCUT2D eigenvalue weighted by Gasteiger charge is 2.45. The summed E-state index contributed by atoms with van der Waals surface area (Å²) in [6, 6.07) is 11.6. The molecule has 180 valence electrons. The molecule has 0 N–H and O–H groups in total. The third kappa shape index (κ3) is 3.89. The van der Waals surface area contributed by atoms with Crippen LogP contribution in [-0.4, -0.2) is 52.7 Å². The van der Waals surface area contributed by atoms with Gasteiger partial charge in [0.1, 0.15) is 11.4 Å². The number of piperidine rings is 1. The van der Waals surface area contributed by atoms with Crippen molar-refractivity contribution in [2.45, 2.75) is 45.1 Å². The first-order valence-electron chi connectivity index (χ1n) is 12.1. The minimum absolute atomic E-state index is 0.0134. The maximum atomic E-state index is 13.3. The molecule has 4 heterocycles. The van der Waals surface area contributed by atoms with Crippen LogP contribution in [0.3, 0.4) is 0 Å². The van der Waals surface area contributed by atoms with Gasteiger partial charge in [-0.05, 0) is 44.2 Å². The van der Waals surface area contributed by atoms with Crippen LogP contribution >= 0.6 is 11.3 Å². The van der Waals surface area contributed by atoms with Gasteiger partial charge in [0.15, 0.2) is 5.78 Å². The molecule has 35 heavy (non-hydrogen) atoms. The third-order valence-electron chi connectivity index (χ3n) is 7.50. The Morgan fingerprint density at radius 3 is 2.71 bits per heavy atom. The molecule has 3 aromatic rings. The molecule has 2 amide bonds. The van der Waals surface area contributed by atoms with Crippen LogP contribution in [0.4, 0.5) is 5.69 Å². The van der Waals surface area contributed by atoms with Gasteiger partial charge in [-0.1, -0.05) is 11.6 Å². The number of amides is 2. The molecule has 1 aromatic heterocycles. The summed E-state index contributed by atoms with van der Waals surface area (Å²) in [5, 5.41) is 0.989. The van der Waals surface area contributed by atoms with E-state index < -0.39 is 5.60 Å². The number of Topliss-reactive ketones (excluding diaryl/α,β-unsaturated/α-hetero) is 1. The van der Waals surface area contributed by atoms with Crippen LogP contribution < -0.4 is 9.64 Å². The summed E-state index contributed by atoms with van der Waals surface area (Å²) in [4.78, 5) is 47.1. The fourth-order valence-electron chi connectivity index (χ4n) is 5.60. The van der Waals surface area contributed by atoms with E-state index in [9.17, 15) is 14.4 Å². The van der Waals surface area contributed by atoms with Crippen molar-refractivity contribution < 1.29 is 19.1 Å². The molecule has 6 rings (SSSR count). The number of nitrogens with zero attached hydrogens (tertiary/aromatic N) is 3. The summed E-state index contributed by atoms with van der Waals surface area (Å²) < 4.78 is 7.43. The molecule has 0 aliphatic carbocycles. The molecule has 2 aromatic carbocycles. The van der Waals surface area contributed by atoms with E-state index in [-0.39, 0.29) is 29.9 Å². The van der Waals surface area contributed by atoms with Crippen molar-refractivity contribution in [2.75, 3.05) is 24.5 Å². The molecular weight excluding hydrogens is 462 g/mol. The lowest BCUT2D eigenvalue weighted by atomic mass is 9.82. The Labute approximate surface area is 207 Å². The zero-order valence-electron chi connectivity index (χ0n) is 19.9. The normalized spacial score (nSPS) is 21.5. The minimum Gasteiger partial charge on any atom is -0.486 e. The summed E-state index contributed by atoms with van der Waals surface area (Å²) in [5.74, 6) is 0.382. The number of benzene rings is 2. The zero-order chi connectivity index (χ0) is 24.3. The highest BCUT2D eigenvalue weighted by molar-refractivity contribution is 7.18. The van der Waals surface area contributed by atoms with Gasteiger partial charge in [-0.2, -0.15) is 0 Å². The van der Waals surface area contributed by atoms with E-state index in [1.807, 2.05) is 55.1 Å². The highest BCUT2D eigenvalue weighted by Crippen LogP contribution is 2.40. The van der Waals surface area contributed by atoms with Crippen LogP contribution in [-0.2, 0) is 9.59 Å². The third-order valence-corrected chi connectivity index (χ3v) is 8.45. The number of likely N-dealkylation sites (tertiary alicyclic amines) is 1. The number of ketones is 1. The average Bonchev–Trinajstić information content (AvgIpc) is 3.40. The predicted octanol–water partition coefficient (Wildman–Crippen LogP) is 4.29. The van der Waals surface area contributed by atoms with Crippen molar-refractivity contribution in [3.63, 3.8) is 0 Å². The van der Waals surface area contributed by atoms with Gasteiger partial charge in [0.2, 0.25) is 11.8 Å². The molecule has 0 saturated carbocycles. The van der Waals surface area contributed by atoms with E-state index in [2.05, 4.69) is 4.98 Å². The number of carbonyl (C=O) groups excluding carboxylic acids is 3. The van der Waals surface area contributed by atoms with E-state index in [1.54, 1.807) is 16.2 Å². The largest absolute Gasteiger partial charge is 0.486 e. The molecule has 7 nitrogen and oxygen atoms in total. The van der Waals surface area contributed by atoms with Crippen molar-refractivity contribution in [3.8, 4) is 5.75 Å². The van der Waals surface area contributed by atoms with Crippen molar-refractivity contribution >= 4 is 44.8 Å². The Morgan fingerprint density at radius 1 is 1.11 bits per heavy atom. The number of hydrogen-bond donors (Lipinski definition) is 0. The standard InChI is InChI=1S/C27H27N3O4S/c1-16-3-5-23-20(11-16)22(31)14-27(34-23)7-9-29(10-8-27)26(33)18-12-25(32)30(15-18)19-4-6-24-21(13-19)28-17(2)35-24/h3-6,11,13,18H,7-10,12,14-15H2,1-2H3. The number of aryl methyl sites for hydroxylation is 2. The number of hydrogen-bond acceptors (Lipinski definition) is 6. The summed E-state index contributed by atoms with van der Waals surface area (Å²) >= 11 is 1.63. The van der Waals surface area contributed by atoms with Crippen LogP contribution in [0.15, 0.2) is 36.4 Å². The lowest BCUT2D eigenvalue weighted by Crippen LogP contribution is -2.53. The van der Waals surface area contributed by atoms with Gasteiger partial charge >= 0.3 is 0 Å². The van der Waals surface area contributed by atoms with Crippen LogP contribution in [0.5, 0.6) is 5.75 Å². The lowest BCUT2D eigenvalue weighted by Gasteiger charge is -2.44. The summed E-state index contributed by atoms with van der Waals surface area (Å²) in [6.45, 7) is 5.38. The fraction of sp³-hybridized carbons (Fsp3) is 0.407. The second-order valence-corrected chi connectivity index (χ2v) is 11.2. The van der Waals surface area contributed by atoms with Crippen molar-refractivity contribution in [1.82, 2.24) is 9.88 Å². The first-order chi connectivity index (χ1) is 16.8. The van der Waals surface area contributed by atoms with Crippen LogP contribution in [0.25, 0.3) is 10.2 Å². The van der Waals surface area contributed by atoms with Crippen molar-refractivity contribution in [1.29, 1.82) is 0 Å². The van der Waals surface area contributed by atoms with Crippen molar-refractivity contribution in [2.24, 2.45) is 5.92 Å². The fourth-order valence-corrected chi connectivity index (χ4v) is 6.41. The average molecular weight is 490 g/mol. The van der Waals surface area contributed by atoms with Gasteiger partial charge in [-0.25, -0.2) is 4.98 Å². The van der Waals surface area contributed by atoms with Gasteiger partial charge < -0.3 is 14.5 Å². The SMILES string of the molecule is Cc1ccc2c(c1)C(=O)CC1(CCN(C(=O)C3CC(=O)N(c4ccc5sc(C)nc5c4)C3)CC1)O2. The maximum Gasteiger partial charge on any atom is 0.228 e. The number of aromatic nitrogens is 1. The summed E-state index contributed by atoms with van der Waals surface area (Å²) in [6.07, 6.45) is 1.79. The molecule has 8 heteroatoms. The number of rotatable bonds is 2. The van der Waals surface area contributed by atoms with Gasteiger partial charge in [0, 0.05) is 44.6 Å². The quantitative estimate of drug-likeness (QED) is 0.537. The number of thiazole rings is 1. The number of carbonyl (C=O) groups is 3. The second kappa shape index (κ2) is 8.16. The number of ether oxygens (including phenoxy) is 1. The van der Waals surface area contributed by atoms with Crippen LogP contribution in [0, 0.1) is 19.8 Å². The first kappa shape index (κ1) is 22.2. The van der Waals surface area contributed by atoms with Gasteiger partial charge in [-0.15, -0.1) is 11.3 Å². The monoisotopic (exact) mass is 489 g/mol. The smallest absolute Gasteiger partial charge is 0.228 e. The van der Waals surface area contributed by atoms with E-state index >= 15 is 0 Å². The second-order valence-electron chi connectivity index (χ2n) is 10.0. The van der Waals surface area contributed by atoms with Gasteiger partial charge in [0.05, 0.1) is 33.1 Å². The van der Waals surface area contributed by atoms with Crippen molar-refractivity contribution in [3.05, 3.63) is 52.5 Å². The van der Waals surface area contributed by atoms with E-state index in [4.69, 9.17) is 4.74 Å². The minimum atomic E-state index is -0.547. The topological polar surface area (TPSA) is 79.8 Å². The Balaban J connectivity index is 1.12. The van der Waals surface area contributed by atoms with E-state index in [0.717, 1.165) is 26.5 Å². The molecule has 1 spiro atoms. The maximum absolute atomic E-state index is 13.3. The molecular formula is C27H27N3O4S. The Bertz CT molecular complexity index is 1370. The molecule has 2 saturated heterocycles. The predicted molar refractivity (Wildman–Crippen MR) is 134 cm³/mol. The Morgan fingerprint density at radius 2 is 1.91 bits per heavy atom. The van der Waals surface area contributed by atoms with Crippen LogP contribution in [0.1, 0.15) is 46.6 Å². The number of fused-ring (bicyclic) bond motifs is 2. The van der Waals surface area contributed by atoms with E-state index in [1.165, 1.54) is 0 Å². The van der Waals surface area contributed by atoms with E-state index in [0.29, 0.717) is 50.2 Å². The Kier molecular flexibility index (Phi) is 5.18. The lowest BCUT2D eigenvalue weighted by molar-refractivity contribution is -0.139. The molecule has 1 unspecified atom stereocenters. The molecule has 0 radical (unpaired) electrons. The van der Waals surface area contributed by atoms with Crippen LogP contribution in [0.2, 0.25) is 0 Å². The highest BCUT2D eigenvalue weighted by atomic mass is 32.1. The first-order valence-corrected chi connectivity index (χ1v) is 12.9. The molecule has 3 aliphatic rings. The van der Waals surface area contributed by atoms with Gasteiger partial charge in [-0.3, -0.25) is 14.4 Å². The molecule has 0 bridgehead atoms. The molecule has 1 atom stereocenters. The molecule has 2 fully saturated rings. The summed E-state index contributed by atoms with van der Waals surface area (Å²) in [5.41, 5.74) is 2.83. The molecule has 3 aliphatic heterocycles. The number of anilines is 1. The zero-order valence-corrected chi connectivity index (χ0v) is 20.7.